The second-order valence-electron chi connectivity index (χ2n) is 26.9. The van der Waals surface area contributed by atoms with Gasteiger partial charge in [0.25, 0.3) is 0 Å². The summed E-state index contributed by atoms with van der Waals surface area (Å²) in [5.41, 5.74) is 0.352. The molecule has 0 aliphatic heterocycles. The molecule has 5 aromatic rings. The molecule has 3 aliphatic carbocycles. The van der Waals surface area contributed by atoms with E-state index in [1.807, 2.05) is 55.6 Å². The number of carbonyl (C=O) groups is 3. The maximum Gasteiger partial charge on any atom is 0.488 e. The summed E-state index contributed by atoms with van der Waals surface area (Å²) in [6.45, 7) is 25.5. The average molecular weight is 1550 g/mol. The van der Waals surface area contributed by atoms with Crippen molar-refractivity contribution in [3.8, 4) is 17.2 Å². The first-order valence-electron chi connectivity index (χ1n) is 31.0. The Hall–Kier alpha value is -6.39. The van der Waals surface area contributed by atoms with Crippen molar-refractivity contribution in [2.45, 2.75) is 214 Å². The Morgan fingerprint density at radius 3 is 1.03 bits per heavy atom. The zero-order valence-electron chi connectivity index (χ0n) is 55.7. The standard InChI is InChI=1S/C26H28F4N2O.C19H21BrF4N2O.C14H16BrF4NO2.C7H9BO2.C4H6N2.ClH/c1-17-5-7-18(8-6-17)19-9-11-20(12-10-19)23(26(28,29)30)32-21(15-24(2,3)27)22(33)16-25(31-4)13-14-25;1-17(2,21)10-14(15(27)11-18(25-3)8-9-18)26-16(19(22,23)24)12-4-6-13(20)7-5-12;1-13(2,16)7-10(12(21)22)20-11(14(17,18)19)8-3-5-9(15)6-4-8;1-6-2-4-7(5-3-6)8(9)10;5-3-4(6)1-2-4;/h5-12,21,23,32H,13-16H2,1-3H3;4-7,14,16,26H,8-11H2,1-2H3;3-6,10-11,20H,7H2,1-2H3,(H,21,22);2-5,9-10H,1H3;1-2,6H2;1H/t21-,23-;14-,16-;10-,11-;;;/m000.../s1. The summed E-state index contributed by atoms with van der Waals surface area (Å²) < 4.78 is 166. The minimum atomic E-state index is -4.71. The first-order valence-corrected chi connectivity index (χ1v) is 32.6. The molecule has 13 nitrogen and oxygen atoms in total. The van der Waals surface area contributed by atoms with Gasteiger partial charge in [-0.05, 0) is 113 Å². The maximum atomic E-state index is 14.4. The van der Waals surface area contributed by atoms with E-state index in [4.69, 9.17) is 33.6 Å². The molecule has 3 fully saturated rings. The number of carboxylic acid groups (broad SMARTS) is 1. The van der Waals surface area contributed by atoms with E-state index < -0.39 is 127 Å². The van der Waals surface area contributed by atoms with E-state index in [-0.39, 0.29) is 47.5 Å². The third kappa shape index (κ3) is 30.8. The Morgan fingerprint density at radius 1 is 0.525 bits per heavy atom. The van der Waals surface area contributed by atoms with Gasteiger partial charge in [0, 0.05) is 66.7 Å². The summed E-state index contributed by atoms with van der Waals surface area (Å²) in [5, 5.41) is 41.3. The molecular weight excluding hydrogens is 1470 g/mol. The lowest BCUT2D eigenvalue weighted by Gasteiger charge is -2.30. The summed E-state index contributed by atoms with van der Waals surface area (Å²) in [6.07, 6.45) is -11.6. The van der Waals surface area contributed by atoms with Gasteiger partial charge in [-0.2, -0.15) is 44.8 Å². The highest BCUT2D eigenvalue weighted by atomic mass is 79.9. The molecule has 3 aliphatic rings. The van der Waals surface area contributed by atoms with Gasteiger partial charge < -0.3 is 43.0 Å². The van der Waals surface area contributed by atoms with Gasteiger partial charge in [0.05, 0.1) is 24.9 Å². The molecule has 0 heterocycles. The Labute approximate surface area is 592 Å². The number of carboxylic acids is 1. The molecule has 5 aromatic carbocycles. The monoisotopic (exact) mass is 1550 g/mol. The second kappa shape index (κ2) is 36.0. The first-order chi connectivity index (χ1) is 45.0. The number of hydrogen-bond donors (Lipinski definition) is 7. The van der Waals surface area contributed by atoms with Gasteiger partial charge in [-0.3, -0.25) is 30.3 Å². The fourth-order valence-corrected chi connectivity index (χ4v) is 10.2. The largest absolute Gasteiger partial charge is 1.00 e. The number of nitrogens with one attached hydrogen (secondary N) is 3. The third-order valence-corrected chi connectivity index (χ3v) is 16.9. The molecule has 99 heavy (non-hydrogen) atoms. The van der Waals surface area contributed by atoms with Crippen molar-refractivity contribution in [3.63, 3.8) is 0 Å². The molecule has 0 radical (unpaired) electrons. The van der Waals surface area contributed by atoms with Gasteiger partial charge in [0.2, 0.25) is 11.1 Å². The summed E-state index contributed by atoms with van der Waals surface area (Å²) >= 11 is 6.29. The number of carbonyl (C=O) groups excluding carboxylic acids is 2. The normalized spacial score (nSPS) is 16.7. The highest BCUT2D eigenvalue weighted by Gasteiger charge is 2.55. The number of ketones is 2. The lowest BCUT2D eigenvalue weighted by molar-refractivity contribution is -0.417. The van der Waals surface area contributed by atoms with Crippen molar-refractivity contribution in [2.24, 2.45) is 0 Å². The number of nitriles is 1. The lowest BCUT2D eigenvalue weighted by Crippen LogP contribution is -3.00. The fraction of sp³-hybridized carbons (Fsp3) is 0.486. The Morgan fingerprint density at radius 2 is 0.798 bits per heavy atom. The number of rotatable bonds is 24. The Kier molecular flexibility index (Phi) is 31.5. The topological polar surface area (TPSA) is 208 Å². The number of aryl methyl sites for hydroxylation is 2. The van der Waals surface area contributed by atoms with Gasteiger partial charge in [-0.25, -0.2) is 26.3 Å². The van der Waals surface area contributed by atoms with E-state index in [0.29, 0.717) is 40.1 Å². The van der Waals surface area contributed by atoms with E-state index >= 15 is 0 Å². The van der Waals surface area contributed by atoms with Crippen LogP contribution < -0.4 is 39.6 Å². The molecule has 9 N–H and O–H groups in total. The molecule has 0 amide bonds. The highest BCUT2D eigenvalue weighted by Crippen LogP contribution is 2.46. The number of hydrogen-bond acceptors (Lipinski definition) is 9. The van der Waals surface area contributed by atoms with Gasteiger partial charge in [0.1, 0.15) is 47.2 Å². The van der Waals surface area contributed by atoms with Crippen molar-refractivity contribution in [2.75, 3.05) is 0 Å². The summed E-state index contributed by atoms with van der Waals surface area (Å²) in [4.78, 5) is 43.5. The van der Waals surface area contributed by atoms with Crippen LogP contribution in [0.3, 0.4) is 0 Å². The van der Waals surface area contributed by atoms with Crippen LogP contribution in [0.15, 0.2) is 130 Å². The number of nitrogens with zero attached hydrogens (tertiary/aromatic N) is 3. The maximum absolute atomic E-state index is 14.4. The average Bonchev–Trinajstić information content (AvgIpc) is 0.949. The van der Waals surface area contributed by atoms with Crippen molar-refractivity contribution >= 4 is 62.0 Å². The molecule has 0 aromatic heterocycles. The summed E-state index contributed by atoms with van der Waals surface area (Å²) in [5.74, 6) is -2.64. The molecular formula is C70H81BBr2ClF12N7O6. The van der Waals surface area contributed by atoms with E-state index in [1.165, 1.54) is 88.4 Å². The predicted molar refractivity (Wildman–Crippen MR) is 357 cm³/mol. The number of halogens is 15. The van der Waals surface area contributed by atoms with Crippen LogP contribution >= 0.6 is 31.9 Å². The lowest BCUT2D eigenvalue weighted by atomic mass is 9.80. The van der Waals surface area contributed by atoms with Gasteiger partial charge in [-0.15, -0.1) is 0 Å². The van der Waals surface area contributed by atoms with Crippen LogP contribution in [-0.2, 0) is 14.4 Å². The smallest absolute Gasteiger partial charge is 0.488 e. The zero-order valence-corrected chi connectivity index (χ0v) is 59.6. The summed E-state index contributed by atoms with van der Waals surface area (Å²) in [6, 6.07) is 22.9. The fourth-order valence-electron chi connectivity index (χ4n) is 9.71. The Balaban J connectivity index is 0.000000349. The highest BCUT2D eigenvalue weighted by molar-refractivity contribution is 9.10. The molecule has 0 spiro atoms. The van der Waals surface area contributed by atoms with Crippen molar-refractivity contribution in [3.05, 3.63) is 181 Å². The quantitative estimate of drug-likeness (QED) is 0.0177. The number of quaternary nitrogens is 1. The third-order valence-electron chi connectivity index (χ3n) is 15.9. The van der Waals surface area contributed by atoms with Crippen molar-refractivity contribution in [1.29, 1.82) is 5.26 Å². The number of alkyl halides is 12. The van der Waals surface area contributed by atoms with Crippen LogP contribution in [0.2, 0.25) is 0 Å². The van der Waals surface area contributed by atoms with Gasteiger partial charge in [0.15, 0.2) is 17.1 Å². The van der Waals surface area contributed by atoms with Crippen LogP contribution in [0.1, 0.15) is 158 Å². The molecule has 8 rings (SSSR count). The first kappa shape index (κ1) is 86.8. The van der Waals surface area contributed by atoms with E-state index in [0.717, 1.165) is 48.9 Å². The zero-order chi connectivity index (χ0) is 74.2. The molecule has 0 saturated heterocycles. The van der Waals surface area contributed by atoms with Gasteiger partial charge >= 0.3 is 31.6 Å². The van der Waals surface area contributed by atoms with E-state index in [9.17, 15) is 67.1 Å². The Bertz CT molecular complexity index is 3540. The van der Waals surface area contributed by atoms with E-state index in [1.54, 1.807) is 24.3 Å². The summed E-state index contributed by atoms with van der Waals surface area (Å²) in [7, 11) is -1.35. The molecule has 29 heteroatoms. The van der Waals surface area contributed by atoms with E-state index in [2.05, 4.69) is 64.0 Å². The number of benzene rings is 5. The van der Waals surface area contributed by atoms with Gasteiger partial charge in [-0.1, -0.05) is 140 Å². The van der Waals surface area contributed by atoms with Crippen LogP contribution in [0, 0.1) is 38.3 Å². The predicted octanol–water partition coefficient (Wildman–Crippen LogP) is 12.5. The molecule has 0 unspecified atom stereocenters. The SMILES string of the molecule is CC(C)(F)C[C@H](N[C@@H](c1ccc(Br)cc1)C(F)(F)F)C(=O)O.Cc1ccc(B(O)O)cc1.N#CC1([NH3+])CC1.[C-]#[N+]C1(CC(=O)[C@H](CC(C)(C)F)N[C@@H](c2ccc(-c3ccc(C)cc3)cc2)C(F)(F)F)CC1.[C-]#[N+]C1(CC(=O)[C@H](CC(C)(C)F)N[C@@H](c2ccc(Br)cc2)C(F)(F)F)CC1.[Cl-]. The molecule has 6 atom stereocenters. The number of aliphatic carboxylic acids is 1. The number of Topliss-reactive ketones (excluding diaryl/α,β-unsaturated/α-hetero) is 2. The van der Waals surface area contributed by atoms with Crippen LogP contribution in [0.5, 0.6) is 0 Å². The van der Waals surface area contributed by atoms with Crippen LogP contribution in [0.4, 0.5) is 52.7 Å². The van der Waals surface area contributed by atoms with Crippen LogP contribution in [-0.4, -0.2) is 110 Å². The molecule has 0 bridgehead atoms. The van der Waals surface area contributed by atoms with Crippen LogP contribution in [0.25, 0.3) is 20.8 Å². The molecule has 540 valence electrons. The second-order valence-corrected chi connectivity index (χ2v) is 28.7. The molecule has 3 saturated carbocycles. The van der Waals surface area contributed by atoms with Crippen molar-refractivity contribution in [1.82, 2.24) is 16.0 Å². The van der Waals surface area contributed by atoms with Crippen molar-refractivity contribution < 1.29 is 100 Å². The minimum Gasteiger partial charge on any atom is -1.00 e. The minimum absolute atomic E-state index is 0.